The van der Waals surface area contributed by atoms with Crippen molar-refractivity contribution >= 4 is 59.6 Å². The Balaban J connectivity index is 1.47. The van der Waals surface area contributed by atoms with E-state index in [1.165, 1.54) is 49.0 Å². The maximum Gasteiger partial charge on any atom is 0.194 e. The minimum atomic E-state index is 0.114. The molecule has 8 aromatic rings. The Morgan fingerprint density at radius 1 is 0.350 bits per heavy atom. The molecule has 0 heterocycles. The van der Waals surface area contributed by atoms with Crippen molar-refractivity contribution in [3.63, 3.8) is 0 Å². The Labute approximate surface area is 230 Å². The summed E-state index contributed by atoms with van der Waals surface area (Å²) in [4.78, 5) is 13.8. The van der Waals surface area contributed by atoms with Crippen molar-refractivity contribution < 1.29 is 4.79 Å². The van der Waals surface area contributed by atoms with Crippen molar-refractivity contribution in [2.45, 2.75) is 0 Å². The number of carbonyl (C=O) groups excluding carboxylic acids is 1. The summed E-state index contributed by atoms with van der Waals surface area (Å²) in [6.45, 7) is 0. The summed E-state index contributed by atoms with van der Waals surface area (Å²) in [5.41, 5.74) is 6.42. The molecule has 0 bridgehead atoms. The van der Waals surface area contributed by atoms with E-state index < -0.39 is 0 Å². The van der Waals surface area contributed by atoms with E-state index >= 15 is 0 Å². The van der Waals surface area contributed by atoms with Gasteiger partial charge in [0, 0.05) is 21.9 Å². The van der Waals surface area contributed by atoms with E-state index in [2.05, 4.69) is 109 Å². The Bertz CT molecular complexity index is 2380. The van der Waals surface area contributed by atoms with Crippen molar-refractivity contribution in [2.75, 3.05) is 0 Å². The largest absolute Gasteiger partial charge is 0.289 e. The fourth-order valence-electron chi connectivity index (χ4n) is 7.05. The number of hydrogen-bond donors (Lipinski definition) is 0. The lowest BCUT2D eigenvalue weighted by atomic mass is 9.80. The molecule has 184 valence electrons. The number of benzene rings is 8. The normalized spacial score (nSPS) is 12.6. The Morgan fingerprint density at radius 2 is 1.00 bits per heavy atom. The number of fused-ring (bicyclic) bond motifs is 2. The molecule has 0 amide bonds. The second-order valence-electron chi connectivity index (χ2n) is 10.8. The molecule has 8 aromatic carbocycles. The summed E-state index contributed by atoms with van der Waals surface area (Å²) in [6.07, 6.45) is 0. The quantitative estimate of drug-likeness (QED) is 0.168. The van der Waals surface area contributed by atoms with E-state index in [-0.39, 0.29) is 5.78 Å². The van der Waals surface area contributed by atoms with Crippen LogP contribution in [0.5, 0.6) is 0 Å². The van der Waals surface area contributed by atoms with Crippen molar-refractivity contribution in [1.82, 2.24) is 0 Å². The highest BCUT2D eigenvalue weighted by Crippen LogP contribution is 2.46. The maximum absolute atomic E-state index is 13.8. The van der Waals surface area contributed by atoms with E-state index in [0.717, 1.165) is 38.2 Å². The first-order valence-corrected chi connectivity index (χ1v) is 13.7. The van der Waals surface area contributed by atoms with Gasteiger partial charge in [-0.3, -0.25) is 4.79 Å². The van der Waals surface area contributed by atoms with E-state index in [0.29, 0.717) is 0 Å². The molecule has 0 aromatic heterocycles. The lowest BCUT2D eigenvalue weighted by Gasteiger charge is -2.22. The van der Waals surface area contributed by atoms with Crippen molar-refractivity contribution in [3.05, 3.63) is 145 Å². The molecular formula is C39H22O. The predicted octanol–water partition coefficient (Wildman–Crippen LogP) is 10.3. The molecule has 0 atom stereocenters. The van der Waals surface area contributed by atoms with E-state index in [9.17, 15) is 4.79 Å². The van der Waals surface area contributed by atoms with Crippen LogP contribution in [0.1, 0.15) is 15.9 Å². The third-order valence-corrected chi connectivity index (χ3v) is 8.73. The summed E-state index contributed by atoms with van der Waals surface area (Å²) in [6, 6.07) is 47.3. The van der Waals surface area contributed by atoms with Crippen LogP contribution in [0.2, 0.25) is 0 Å². The standard InChI is InChI=1S/C39H22O/c40-39-31-17-6-12-24-19-20-26-22-34(30-16-8-18-32(39)38(30)37(26)36(24)31)28-14-7-15-29-33(28)21-25-11-4-5-13-27(25)35(29)23-9-2-1-3-10-23/h1-22H. The van der Waals surface area contributed by atoms with Crippen LogP contribution in [-0.4, -0.2) is 5.78 Å². The molecule has 40 heavy (non-hydrogen) atoms. The van der Waals surface area contributed by atoms with Crippen LogP contribution >= 0.6 is 0 Å². The molecule has 1 heteroatoms. The summed E-state index contributed by atoms with van der Waals surface area (Å²) in [5, 5.41) is 11.7. The molecule has 0 N–H and O–H groups in total. The number of rotatable bonds is 2. The van der Waals surface area contributed by atoms with Gasteiger partial charge < -0.3 is 0 Å². The smallest absolute Gasteiger partial charge is 0.194 e. The number of ketones is 1. The van der Waals surface area contributed by atoms with Crippen LogP contribution in [0.15, 0.2) is 133 Å². The third-order valence-electron chi connectivity index (χ3n) is 8.73. The monoisotopic (exact) mass is 506 g/mol. The van der Waals surface area contributed by atoms with Gasteiger partial charge in [-0.1, -0.05) is 121 Å². The molecule has 0 saturated carbocycles. The van der Waals surface area contributed by atoms with E-state index in [1.807, 2.05) is 24.3 Å². The number of hydrogen-bond acceptors (Lipinski definition) is 1. The second kappa shape index (κ2) is 7.88. The Hall–Kier alpha value is -5.27. The van der Waals surface area contributed by atoms with Crippen LogP contribution in [0.4, 0.5) is 0 Å². The van der Waals surface area contributed by atoms with Crippen molar-refractivity contribution in [3.8, 4) is 22.3 Å². The molecule has 0 fully saturated rings. The fourth-order valence-corrected chi connectivity index (χ4v) is 7.05. The average molecular weight is 507 g/mol. The maximum atomic E-state index is 13.8. The minimum absolute atomic E-state index is 0.114. The highest BCUT2D eigenvalue weighted by Gasteiger charge is 2.25. The van der Waals surface area contributed by atoms with Crippen molar-refractivity contribution in [1.29, 1.82) is 0 Å². The average Bonchev–Trinajstić information content (AvgIpc) is 3.02. The van der Waals surface area contributed by atoms with Gasteiger partial charge in [-0.15, -0.1) is 0 Å². The SMILES string of the molecule is O=C1c2cccc3ccc4cc(-c5cccc6c(-c7ccccc7)c7ccccc7cc56)c5cccc1c5c4c23. The van der Waals surface area contributed by atoms with Gasteiger partial charge in [-0.05, 0) is 77.5 Å². The van der Waals surface area contributed by atoms with Gasteiger partial charge in [0.05, 0.1) is 0 Å². The van der Waals surface area contributed by atoms with Crippen LogP contribution < -0.4 is 0 Å². The van der Waals surface area contributed by atoms with E-state index in [4.69, 9.17) is 0 Å². The molecule has 1 aliphatic rings. The number of carbonyl (C=O) groups is 1. The lowest BCUT2D eigenvalue weighted by molar-refractivity contribution is 0.104. The zero-order valence-corrected chi connectivity index (χ0v) is 21.6. The van der Waals surface area contributed by atoms with Crippen molar-refractivity contribution in [2.24, 2.45) is 0 Å². The third kappa shape index (κ3) is 2.79. The molecule has 0 unspecified atom stereocenters. The zero-order chi connectivity index (χ0) is 26.4. The summed E-state index contributed by atoms with van der Waals surface area (Å²) in [7, 11) is 0. The molecule has 0 spiro atoms. The molecule has 9 rings (SSSR count). The van der Waals surface area contributed by atoms with Crippen LogP contribution in [0.3, 0.4) is 0 Å². The van der Waals surface area contributed by atoms with Crippen LogP contribution in [0.25, 0.3) is 76.1 Å². The highest BCUT2D eigenvalue weighted by atomic mass is 16.1. The molecule has 0 saturated heterocycles. The lowest BCUT2D eigenvalue weighted by Crippen LogP contribution is -2.08. The fraction of sp³-hybridized carbons (Fsp3) is 0. The van der Waals surface area contributed by atoms with Gasteiger partial charge in [0.25, 0.3) is 0 Å². The summed E-state index contributed by atoms with van der Waals surface area (Å²) < 4.78 is 0. The first-order chi connectivity index (χ1) is 19.8. The summed E-state index contributed by atoms with van der Waals surface area (Å²) >= 11 is 0. The van der Waals surface area contributed by atoms with Gasteiger partial charge in [-0.2, -0.15) is 0 Å². The molecule has 0 radical (unpaired) electrons. The predicted molar refractivity (Wildman–Crippen MR) is 168 cm³/mol. The molecular weight excluding hydrogens is 484 g/mol. The minimum Gasteiger partial charge on any atom is -0.289 e. The van der Waals surface area contributed by atoms with Crippen LogP contribution in [0, 0.1) is 0 Å². The second-order valence-corrected chi connectivity index (χ2v) is 10.8. The van der Waals surface area contributed by atoms with Gasteiger partial charge in [0.2, 0.25) is 0 Å². The molecule has 1 aliphatic carbocycles. The van der Waals surface area contributed by atoms with Gasteiger partial charge in [0.1, 0.15) is 0 Å². The molecule has 0 aliphatic heterocycles. The van der Waals surface area contributed by atoms with Gasteiger partial charge >= 0.3 is 0 Å². The zero-order valence-electron chi connectivity index (χ0n) is 21.6. The van der Waals surface area contributed by atoms with Gasteiger partial charge in [-0.25, -0.2) is 0 Å². The first-order valence-electron chi connectivity index (χ1n) is 13.7. The highest BCUT2D eigenvalue weighted by molar-refractivity contribution is 6.38. The Morgan fingerprint density at radius 3 is 1.88 bits per heavy atom. The van der Waals surface area contributed by atoms with E-state index in [1.54, 1.807) is 0 Å². The Kier molecular flexibility index (Phi) is 4.26. The van der Waals surface area contributed by atoms with Crippen LogP contribution in [-0.2, 0) is 0 Å². The molecule has 1 nitrogen and oxygen atoms in total. The topological polar surface area (TPSA) is 17.1 Å². The first kappa shape index (κ1) is 21.6. The van der Waals surface area contributed by atoms with Gasteiger partial charge in [0.15, 0.2) is 5.78 Å². The summed E-state index contributed by atoms with van der Waals surface area (Å²) in [5.74, 6) is 0.114.